The van der Waals surface area contributed by atoms with Crippen molar-refractivity contribution in [3.05, 3.63) is 23.8 Å². The average molecular weight is 292 g/mol. The molecule has 2 rings (SSSR count). The maximum absolute atomic E-state index is 12.3. The number of likely N-dealkylation sites (tertiary alicyclic amines) is 1. The maximum Gasteiger partial charge on any atom is 0.225 e. The number of methoxy groups -OCH3 is 2. The summed E-state index contributed by atoms with van der Waals surface area (Å²) in [5.41, 5.74) is 7.15. The molecule has 1 aliphatic heterocycles. The number of hydrogen-bond donors (Lipinski definition) is 1. The largest absolute Gasteiger partial charge is 0.497 e. The van der Waals surface area contributed by atoms with Gasteiger partial charge in [-0.3, -0.25) is 4.79 Å². The summed E-state index contributed by atoms with van der Waals surface area (Å²) in [7, 11) is 3.25. The van der Waals surface area contributed by atoms with Crippen molar-refractivity contribution in [2.75, 3.05) is 14.2 Å². The molecule has 1 aromatic carbocycles. The van der Waals surface area contributed by atoms with Gasteiger partial charge in [-0.25, -0.2) is 0 Å². The zero-order chi connectivity index (χ0) is 15.6. The molecule has 3 unspecified atom stereocenters. The molecule has 21 heavy (non-hydrogen) atoms. The Kier molecular flexibility index (Phi) is 4.73. The first-order valence-electron chi connectivity index (χ1n) is 7.32. The highest BCUT2D eigenvalue weighted by Gasteiger charge is 2.42. The Bertz CT molecular complexity index is 518. The number of carbonyl (C=O) groups excluding carboxylic acids is 1. The molecule has 1 saturated heterocycles. The molecule has 1 amide bonds. The molecule has 2 N–H and O–H groups in total. The minimum Gasteiger partial charge on any atom is -0.497 e. The van der Waals surface area contributed by atoms with Gasteiger partial charge in [0.25, 0.3) is 0 Å². The summed E-state index contributed by atoms with van der Waals surface area (Å²) in [5.74, 6) is 1.58. The molecule has 5 nitrogen and oxygen atoms in total. The van der Waals surface area contributed by atoms with Gasteiger partial charge in [0.15, 0.2) is 0 Å². The van der Waals surface area contributed by atoms with E-state index in [1.807, 2.05) is 23.1 Å². The van der Waals surface area contributed by atoms with E-state index in [4.69, 9.17) is 15.2 Å². The van der Waals surface area contributed by atoms with Crippen LogP contribution in [0, 0.1) is 0 Å². The summed E-state index contributed by atoms with van der Waals surface area (Å²) in [6.07, 6.45) is 1.26. The number of amides is 1. The molecule has 1 aromatic rings. The number of nitrogens with zero attached hydrogens (tertiary/aromatic N) is 1. The fraction of sp³-hybridized carbons (Fsp3) is 0.562. The van der Waals surface area contributed by atoms with E-state index in [0.29, 0.717) is 6.42 Å². The molecule has 116 valence electrons. The number of carbonyl (C=O) groups is 1. The number of nitrogens with two attached hydrogens (primary N) is 1. The summed E-state index contributed by atoms with van der Waals surface area (Å²) in [6, 6.07) is 5.37. The van der Waals surface area contributed by atoms with Crippen LogP contribution >= 0.6 is 0 Å². The minimum atomic E-state index is -0.229. The molecule has 0 aromatic heterocycles. The van der Waals surface area contributed by atoms with E-state index < -0.39 is 0 Å². The Hall–Kier alpha value is -1.75. The van der Waals surface area contributed by atoms with Gasteiger partial charge in [-0.2, -0.15) is 0 Å². The Morgan fingerprint density at radius 2 is 2.10 bits per heavy atom. The monoisotopic (exact) mass is 292 g/mol. The second-order valence-electron chi connectivity index (χ2n) is 5.48. The third kappa shape index (κ3) is 2.83. The molecule has 3 atom stereocenters. The second kappa shape index (κ2) is 6.35. The molecule has 5 heteroatoms. The van der Waals surface area contributed by atoms with Crippen molar-refractivity contribution in [1.29, 1.82) is 0 Å². The Morgan fingerprint density at radius 1 is 1.38 bits per heavy atom. The Balaban J connectivity index is 2.48. The van der Waals surface area contributed by atoms with Gasteiger partial charge in [0.2, 0.25) is 5.91 Å². The Labute approximate surface area is 126 Å². The minimum absolute atomic E-state index is 0.103. The first kappa shape index (κ1) is 15.6. The van der Waals surface area contributed by atoms with Crippen molar-refractivity contribution < 1.29 is 14.3 Å². The Morgan fingerprint density at radius 3 is 2.67 bits per heavy atom. The van der Waals surface area contributed by atoms with E-state index in [2.05, 4.69) is 13.8 Å². The van der Waals surface area contributed by atoms with Gasteiger partial charge in [0, 0.05) is 24.1 Å². The molecule has 1 fully saturated rings. The summed E-state index contributed by atoms with van der Waals surface area (Å²) < 4.78 is 10.8. The summed E-state index contributed by atoms with van der Waals surface area (Å²) in [5, 5.41) is 0. The highest BCUT2D eigenvalue weighted by molar-refractivity contribution is 5.81. The molecule has 1 heterocycles. The van der Waals surface area contributed by atoms with Crippen LogP contribution in [0.4, 0.5) is 0 Å². The zero-order valence-electron chi connectivity index (χ0n) is 13.1. The highest BCUT2D eigenvalue weighted by atomic mass is 16.5. The molecule has 1 aliphatic rings. The lowest BCUT2D eigenvalue weighted by Gasteiger charge is -2.33. The third-order valence-corrected chi connectivity index (χ3v) is 4.22. The van der Waals surface area contributed by atoms with Gasteiger partial charge >= 0.3 is 0 Å². The van der Waals surface area contributed by atoms with Crippen LogP contribution in [0.1, 0.15) is 38.3 Å². The van der Waals surface area contributed by atoms with Crippen LogP contribution in [-0.2, 0) is 4.79 Å². The standard InChI is InChI=1S/C16H24N2O3/c1-5-10(2)18-15(19)9-13(17)16(18)12-8-11(20-3)6-7-14(12)21-4/h6-8,10,13,16H,5,9,17H2,1-4H3. The van der Waals surface area contributed by atoms with E-state index in [0.717, 1.165) is 23.5 Å². The number of rotatable bonds is 5. The van der Waals surface area contributed by atoms with Crippen molar-refractivity contribution in [2.24, 2.45) is 5.73 Å². The van der Waals surface area contributed by atoms with Crippen LogP contribution in [-0.4, -0.2) is 37.1 Å². The van der Waals surface area contributed by atoms with Crippen LogP contribution in [0.25, 0.3) is 0 Å². The zero-order valence-corrected chi connectivity index (χ0v) is 13.1. The summed E-state index contributed by atoms with van der Waals surface area (Å²) >= 11 is 0. The smallest absolute Gasteiger partial charge is 0.225 e. The third-order valence-electron chi connectivity index (χ3n) is 4.22. The number of hydrogen-bond acceptors (Lipinski definition) is 4. The second-order valence-corrected chi connectivity index (χ2v) is 5.48. The first-order chi connectivity index (χ1) is 10.0. The van der Waals surface area contributed by atoms with E-state index in [-0.39, 0.29) is 24.0 Å². The molecule has 0 aliphatic carbocycles. The van der Waals surface area contributed by atoms with Gasteiger partial charge in [-0.1, -0.05) is 6.92 Å². The molecule has 0 bridgehead atoms. The maximum atomic E-state index is 12.3. The van der Waals surface area contributed by atoms with E-state index in [9.17, 15) is 4.79 Å². The predicted octanol–water partition coefficient (Wildman–Crippen LogP) is 2.10. The van der Waals surface area contributed by atoms with Crippen molar-refractivity contribution >= 4 is 5.91 Å². The normalized spacial score (nSPS) is 23.3. The van der Waals surface area contributed by atoms with Crippen LogP contribution in [0.3, 0.4) is 0 Å². The van der Waals surface area contributed by atoms with Crippen LogP contribution < -0.4 is 15.2 Å². The lowest BCUT2D eigenvalue weighted by molar-refractivity contribution is -0.131. The predicted molar refractivity (Wildman–Crippen MR) is 81.5 cm³/mol. The SMILES string of the molecule is CCC(C)N1C(=O)CC(N)C1c1cc(OC)ccc1OC. The van der Waals surface area contributed by atoms with Gasteiger partial charge in [-0.15, -0.1) is 0 Å². The van der Waals surface area contributed by atoms with Crippen molar-refractivity contribution in [1.82, 2.24) is 4.90 Å². The van der Waals surface area contributed by atoms with E-state index in [1.54, 1.807) is 14.2 Å². The van der Waals surface area contributed by atoms with Crippen molar-refractivity contribution in [3.63, 3.8) is 0 Å². The number of benzene rings is 1. The quantitative estimate of drug-likeness (QED) is 0.902. The molecular weight excluding hydrogens is 268 g/mol. The van der Waals surface area contributed by atoms with Gasteiger partial charge < -0.3 is 20.1 Å². The van der Waals surface area contributed by atoms with E-state index >= 15 is 0 Å². The lowest BCUT2D eigenvalue weighted by Crippen LogP contribution is -2.39. The van der Waals surface area contributed by atoms with E-state index in [1.165, 1.54) is 0 Å². The van der Waals surface area contributed by atoms with Crippen LogP contribution in [0.5, 0.6) is 11.5 Å². The fourth-order valence-electron chi connectivity index (χ4n) is 2.95. The topological polar surface area (TPSA) is 64.8 Å². The van der Waals surface area contributed by atoms with Gasteiger partial charge in [0.1, 0.15) is 11.5 Å². The average Bonchev–Trinajstić information content (AvgIpc) is 2.79. The van der Waals surface area contributed by atoms with Crippen LogP contribution in [0.15, 0.2) is 18.2 Å². The molecule has 0 spiro atoms. The van der Waals surface area contributed by atoms with Crippen molar-refractivity contribution in [2.45, 2.75) is 44.8 Å². The van der Waals surface area contributed by atoms with Gasteiger partial charge in [0.05, 0.1) is 20.3 Å². The fourth-order valence-corrected chi connectivity index (χ4v) is 2.95. The lowest BCUT2D eigenvalue weighted by atomic mass is 9.98. The first-order valence-corrected chi connectivity index (χ1v) is 7.32. The number of ether oxygens (including phenoxy) is 2. The van der Waals surface area contributed by atoms with Gasteiger partial charge in [-0.05, 0) is 31.5 Å². The van der Waals surface area contributed by atoms with Crippen molar-refractivity contribution in [3.8, 4) is 11.5 Å². The molecule has 0 saturated carbocycles. The summed E-state index contributed by atoms with van der Waals surface area (Å²) in [4.78, 5) is 14.2. The van der Waals surface area contributed by atoms with Crippen LogP contribution in [0.2, 0.25) is 0 Å². The highest BCUT2D eigenvalue weighted by Crippen LogP contribution is 2.40. The summed E-state index contributed by atoms with van der Waals surface area (Å²) in [6.45, 7) is 4.12. The molecule has 0 radical (unpaired) electrons. The molecular formula is C16H24N2O3.